The Hall–Kier alpha value is -2.45. The molecule has 2 aromatic carbocycles. The van der Waals surface area contributed by atoms with E-state index in [4.69, 9.17) is 0 Å². The number of pyridine rings is 1. The summed E-state index contributed by atoms with van der Waals surface area (Å²) in [7, 11) is 0. The summed E-state index contributed by atoms with van der Waals surface area (Å²) in [5.74, 6) is 0. The second kappa shape index (κ2) is 7.53. The van der Waals surface area contributed by atoms with Crippen molar-refractivity contribution in [2.45, 2.75) is 19.0 Å². The van der Waals surface area contributed by atoms with Crippen LogP contribution in [0.2, 0.25) is 0 Å². The van der Waals surface area contributed by atoms with Crippen molar-refractivity contribution in [1.29, 1.82) is 0 Å². The summed E-state index contributed by atoms with van der Waals surface area (Å²) in [4.78, 5) is 4.39. The molecule has 0 aliphatic heterocycles. The highest BCUT2D eigenvalue weighted by Gasteiger charge is 2.11. The first-order chi connectivity index (χ1) is 10.9. The van der Waals surface area contributed by atoms with Crippen molar-refractivity contribution in [3.63, 3.8) is 0 Å². The van der Waals surface area contributed by atoms with Crippen LogP contribution >= 0.6 is 0 Å². The predicted octanol–water partition coefficient (Wildman–Crippen LogP) is 4.16. The lowest BCUT2D eigenvalue weighted by atomic mass is 9.99. The third kappa shape index (κ3) is 4.03. The van der Waals surface area contributed by atoms with Gasteiger partial charge in [-0.2, -0.15) is 0 Å². The quantitative estimate of drug-likeness (QED) is 0.737. The minimum Gasteiger partial charge on any atom is -0.304 e. The van der Waals surface area contributed by atoms with Crippen LogP contribution in [-0.4, -0.2) is 4.98 Å². The molecule has 0 radical (unpaired) electrons. The van der Waals surface area contributed by atoms with Crippen LogP contribution in [0.4, 0.5) is 0 Å². The van der Waals surface area contributed by atoms with E-state index in [2.05, 4.69) is 77.0 Å². The Morgan fingerprint density at radius 3 is 2.14 bits per heavy atom. The summed E-state index contributed by atoms with van der Waals surface area (Å²) in [6, 6.07) is 27.5. The number of benzene rings is 2. The van der Waals surface area contributed by atoms with Crippen molar-refractivity contribution in [3.8, 4) is 0 Å². The van der Waals surface area contributed by atoms with Crippen molar-refractivity contribution in [1.82, 2.24) is 10.3 Å². The largest absolute Gasteiger partial charge is 0.304 e. The standard InChI is InChI=1S/C20H20N2/c1-3-9-17(10-4-1)15-20(18-11-5-2-6-12-18)22-16-19-13-7-8-14-21-19/h1-14,20,22H,15-16H2. The van der Waals surface area contributed by atoms with E-state index < -0.39 is 0 Å². The number of hydrogen-bond donors (Lipinski definition) is 1. The Bertz CT molecular complexity index is 666. The van der Waals surface area contributed by atoms with Crippen LogP contribution in [0.25, 0.3) is 0 Å². The highest BCUT2D eigenvalue weighted by Crippen LogP contribution is 2.18. The lowest BCUT2D eigenvalue weighted by Gasteiger charge is -2.19. The lowest BCUT2D eigenvalue weighted by Crippen LogP contribution is -2.23. The Balaban J connectivity index is 1.74. The fourth-order valence-corrected chi connectivity index (χ4v) is 2.57. The highest BCUT2D eigenvalue weighted by molar-refractivity contribution is 5.24. The molecular formula is C20H20N2. The molecule has 0 saturated heterocycles. The molecule has 110 valence electrons. The Morgan fingerprint density at radius 2 is 1.45 bits per heavy atom. The van der Waals surface area contributed by atoms with Crippen molar-refractivity contribution in [2.24, 2.45) is 0 Å². The van der Waals surface area contributed by atoms with Gasteiger partial charge in [-0.15, -0.1) is 0 Å². The molecule has 3 rings (SSSR count). The van der Waals surface area contributed by atoms with E-state index in [9.17, 15) is 0 Å². The average Bonchev–Trinajstić information content (AvgIpc) is 2.61. The Kier molecular flexibility index (Phi) is 4.96. The fraction of sp³-hybridized carbons (Fsp3) is 0.150. The third-order valence-corrected chi connectivity index (χ3v) is 3.74. The molecule has 0 spiro atoms. The van der Waals surface area contributed by atoms with Crippen molar-refractivity contribution >= 4 is 0 Å². The second-order valence-corrected chi connectivity index (χ2v) is 5.35. The number of hydrogen-bond acceptors (Lipinski definition) is 2. The molecule has 1 aromatic heterocycles. The van der Waals surface area contributed by atoms with Gasteiger partial charge in [0, 0.05) is 18.8 Å². The molecule has 1 heterocycles. The first-order valence-electron chi connectivity index (χ1n) is 7.64. The molecule has 0 bridgehead atoms. The first kappa shape index (κ1) is 14.5. The van der Waals surface area contributed by atoms with E-state index in [1.165, 1.54) is 11.1 Å². The van der Waals surface area contributed by atoms with E-state index in [-0.39, 0.29) is 6.04 Å². The van der Waals surface area contributed by atoms with E-state index in [1.807, 2.05) is 18.3 Å². The fourth-order valence-electron chi connectivity index (χ4n) is 2.57. The number of rotatable bonds is 6. The summed E-state index contributed by atoms with van der Waals surface area (Å²) in [5, 5.41) is 3.64. The van der Waals surface area contributed by atoms with Crippen LogP contribution in [0.5, 0.6) is 0 Å². The number of nitrogens with zero attached hydrogens (tertiary/aromatic N) is 1. The van der Waals surface area contributed by atoms with E-state index >= 15 is 0 Å². The lowest BCUT2D eigenvalue weighted by molar-refractivity contribution is 0.525. The zero-order valence-corrected chi connectivity index (χ0v) is 12.5. The number of nitrogens with one attached hydrogen (secondary N) is 1. The summed E-state index contributed by atoms with van der Waals surface area (Å²) in [6.45, 7) is 0.771. The van der Waals surface area contributed by atoms with Crippen molar-refractivity contribution in [3.05, 3.63) is 102 Å². The SMILES string of the molecule is c1ccc(CC(NCc2ccccn2)c2ccccc2)cc1. The molecule has 22 heavy (non-hydrogen) atoms. The van der Waals surface area contributed by atoms with Crippen LogP contribution < -0.4 is 5.32 Å². The molecule has 2 heteroatoms. The molecule has 0 saturated carbocycles. The monoisotopic (exact) mass is 288 g/mol. The minimum atomic E-state index is 0.283. The molecule has 1 atom stereocenters. The van der Waals surface area contributed by atoms with E-state index in [1.54, 1.807) is 0 Å². The average molecular weight is 288 g/mol. The smallest absolute Gasteiger partial charge is 0.0541 e. The molecule has 1 N–H and O–H groups in total. The van der Waals surface area contributed by atoms with Gasteiger partial charge < -0.3 is 5.32 Å². The summed E-state index contributed by atoms with van der Waals surface area (Å²) in [5.41, 5.74) is 3.71. The molecule has 2 nitrogen and oxygen atoms in total. The van der Waals surface area contributed by atoms with Crippen LogP contribution in [0.1, 0.15) is 22.9 Å². The van der Waals surface area contributed by atoms with Crippen molar-refractivity contribution < 1.29 is 0 Å². The molecule has 0 aliphatic rings. The van der Waals surface area contributed by atoms with Gasteiger partial charge in [-0.05, 0) is 29.7 Å². The maximum absolute atomic E-state index is 4.39. The normalized spacial score (nSPS) is 12.0. The van der Waals surface area contributed by atoms with E-state index in [0.717, 1.165) is 18.7 Å². The van der Waals surface area contributed by atoms with Gasteiger partial charge in [0.2, 0.25) is 0 Å². The van der Waals surface area contributed by atoms with Crippen LogP contribution in [-0.2, 0) is 13.0 Å². The summed E-state index contributed by atoms with van der Waals surface area (Å²) in [6.07, 6.45) is 2.81. The first-order valence-corrected chi connectivity index (χ1v) is 7.64. The maximum atomic E-state index is 4.39. The molecule has 1 unspecified atom stereocenters. The van der Waals surface area contributed by atoms with Crippen LogP contribution in [0.15, 0.2) is 85.1 Å². The highest BCUT2D eigenvalue weighted by atomic mass is 14.9. The van der Waals surface area contributed by atoms with Crippen molar-refractivity contribution in [2.75, 3.05) is 0 Å². The predicted molar refractivity (Wildman–Crippen MR) is 90.4 cm³/mol. The third-order valence-electron chi connectivity index (χ3n) is 3.74. The van der Waals surface area contributed by atoms with Gasteiger partial charge in [0.1, 0.15) is 0 Å². The van der Waals surface area contributed by atoms with Gasteiger partial charge in [0.05, 0.1) is 5.69 Å². The topological polar surface area (TPSA) is 24.9 Å². The number of aromatic nitrogens is 1. The molecule has 3 aromatic rings. The van der Waals surface area contributed by atoms with Gasteiger partial charge in [-0.1, -0.05) is 66.7 Å². The maximum Gasteiger partial charge on any atom is 0.0541 e. The van der Waals surface area contributed by atoms with Gasteiger partial charge >= 0.3 is 0 Å². The zero-order valence-electron chi connectivity index (χ0n) is 12.5. The van der Waals surface area contributed by atoms with Crippen LogP contribution in [0, 0.1) is 0 Å². The molecule has 0 aliphatic carbocycles. The minimum absolute atomic E-state index is 0.283. The summed E-state index contributed by atoms with van der Waals surface area (Å²) < 4.78 is 0. The van der Waals surface area contributed by atoms with Gasteiger partial charge in [0.25, 0.3) is 0 Å². The molecule has 0 fully saturated rings. The van der Waals surface area contributed by atoms with Gasteiger partial charge in [0.15, 0.2) is 0 Å². The van der Waals surface area contributed by atoms with E-state index in [0.29, 0.717) is 0 Å². The Labute approximate surface area is 131 Å². The molecular weight excluding hydrogens is 268 g/mol. The summed E-state index contributed by atoms with van der Waals surface area (Å²) >= 11 is 0. The van der Waals surface area contributed by atoms with Gasteiger partial charge in [-0.25, -0.2) is 0 Å². The van der Waals surface area contributed by atoms with Crippen LogP contribution in [0.3, 0.4) is 0 Å². The molecule has 0 amide bonds. The second-order valence-electron chi connectivity index (χ2n) is 5.35. The Morgan fingerprint density at radius 1 is 0.773 bits per heavy atom. The van der Waals surface area contributed by atoms with Gasteiger partial charge in [-0.3, -0.25) is 4.98 Å². The zero-order chi connectivity index (χ0) is 15.0.